The van der Waals surface area contributed by atoms with Gasteiger partial charge in [-0.1, -0.05) is 15.9 Å². The van der Waals surface area contributed by atoms with Crippen LogP contribution in [-0.2, 0) is 4.74 Å². The van der Waals surface area contributed by atoms with Crippen molar-refractivity contribution in [3.8, 4) is 0 Å². The third-order valence-electron chi connectivity index (χ3n) is 3.09. The van der Waals surface area contributed by atoms with E-state index in [1.54, 1.807) is 0 Å². The summed E-state index contributed by atoms with van der Waals surface area (Å²) in [5, 5.41) is 0.868. The van der Waals surface area contributed by atoms with E-state index in [-0.39, 0.29) is 11.7 Å². The molecule has 2 aliphatic rings. The van der Waals surface area contributed by atoms with E-state index in [0.29, 0.717) is 6.04 Å². The molecule has 0 bridgehead atoms. The molecule has 4 heteroatoms. The Bertz CT molecular complexity index is 274. The van der Waals surface area contributed by atoms with Crippen molar-refractivity contribution in [2.45, 2.75) is 38.8 Å². The molecule has 0 aromatic carbocycles. The van der Waals surface area contributed by atoms with Crippen LogP contribution in [-0.4, -0.2) is 34.5 Å². The van der Waals surface area contributed by atoms with E-state index < -0.39 is 0 Å². The first-order valence-corrected chi connectivity index (χ1v) is 6.60. The smallest absolute Gasteiger partial charge is 0.410 e. The molecule has 1 aliphatic carbocycles. The maximum atomic E-state index is 11.9. The summed E-state index contributed by atoms with van der Waals surface area (Å²) in [7, 11) is 0. The van der Waals surface area contributed by atoms with E-state index >= 15 is 0 Å². The highest BCUT2D eigenvalue weighted by molar-refractivity contribution is 9.09. The number of hydrogen-bond donors (Lipinski definition) is 0. The Kier molecular flexibility index (Phi) is 2.73. The van der Waals surface area contributed by atoms with Gasteiger partial charge in [0.05, 0.1) is 0 Å². The Labute approximate surface area is 99.3 Å². The summed E-state index contributed by atoms with van der Waals surface area (Å²) in [6, 6.07) is 0.352. The van der Waals surface area contributed by atoms with E-state index in [1.807, 2.05) is 25.7 Å². The number of nitrogens with zero attached hydrogens (tertiary/aromatic N) is 1. The van der Waals surface area contributed by atoms with Gasteiger partial charge in [0.15, 0.2) is 0 Å². The average molecular weight is 276 g/mol. The number of likely N-dealkylation sites (tertiary alicyclic amines) is 1. The molecule has 1 aliphatic heterocycles. The number of rotatable bonds is 1. The fourth-order valence-corrected chi connectivity index (χ4v) is 3.13. The number of hydrogen-bond acceptors (Lipinski definition) is 2. The Hall–Kier alpha value is -0.250. The maximum absolute atomic E-state index is 11.9. The third kappa shape index (κ3) is 2.30. The van der Waals surface area contributed by atoms with Gasteiger partial charge in [-0.05, 0) is 39.0 Å². The number of carbonyl (C=O) groups excluding carboxylic acids is 1. The summed E-state index contributed by atoms with van der Waals surface area (Å²) in [4.78, 5) is 13.8. The Morgan fingerprint density at radius 3 is 2.73 bits per heavy atom. The molecule has 15 heavy (non-hydrogen) atoms. The predicted octanol–water partition coefficient (Wildman–Crippen LogP) is 2.64. The Balaban J connectivity index is 1.96. The molecule has 3 unspecified atom stereocenters. The monoisotopic (exact) mass is 275 g/mol. The van der Waals surface area contributed by atoms with E-state index in [2.05, 4.69) is 15.9 Å². The fraction of sp³-hybridized carbons (Fsp3) is 0.909. The number of amides is 1. The van der Waals surface area contributed by atoms with Crippen LogP contribution in [0.15, 0.2) is 0 Å². The molecule has 1 saturated heterocycles. The van der Waals surface area contributed by atoms with Gasteiger partial charge in [-0.25, -0.2) is 4.79 Å². The minimum absolute atomic E-state index is 0.154. The molecule has 1 heterocycles. The van der Waals surface area contributed by atoms with E-state index in [9.17, 15) is 4.79 Å². The molecule has 0 aromatic rings. The van der Waals surface area contributed by atoms with Gasteiger partial charge in [-0.15, -0.1) is 0 Å². The van der Waals surface area contributed by atoms with Gasteiger partial charge in [-0.3, -0.25) is 0 Å². The van der Waals surface area contributed by atoms with E-state index in [4.69, 9.17) is 4.74 Å². The quantitative estimate of drug-likeness (QED) is 0.689. The van der Waals surface area contributed by atoms with Crippen LogP contribution in [0.25, 0.3) is 0 Å². The molecule has 1 amide bonds. The van der Waals surface area contributed by atoms with Crippen LogP contribution in [0.1, 0.15) is 27.2 Å². The number of alkyl halides is 1. The van der Waals surface area contributed by atoms with Crippen LogP contribution in [0.4, 0.5) is 4.79 Å². The first-order valence-electron chi connectivity index (χ1n) is 5.48. The highest BCUT2D eigenvalue weighted by Gasteiger charge is 2.54. The molecule has 1 saturated carbocycles. The summed E-state index contributed by atoms with van der Waals surface area (Å²) in [6.45, 7) is 6.61. The topological polar surface area (TPSA) is 29.5 Å². The first kappa shape index (κ1) is 11.2. The normalized spacial score (nSPS) is 33.9. The number of piperidine rings is 1. The standard InChI is InChI=1S/C11H18BrNO2/c1-11(2,3)15-10(14)13-6-7-4-8(7)9(13)5-12/h7-9H,4-6H2,1-3H3. The molecule has 0 radical (unpaired) electrons. The second-order valence-corrected chi connectivity index (χ2v) is 6.16. The first-order chi connectivity index (χ1) is 6.92. The van der Waals surface area contributed by atoms with Gasteiger partial charge >= 0.3 is 6.09 Å². The maximum Gasteiger partial charge on any atom is 0.410 e. The Morgan fingerprint density at radius 1 is 1.53 bits per heavy atom. The number of carbonyl (C=O) groups is 1. The van der Waals surface area contributed by atoms with Crippen molar-refractivity contribution in [2.75, 3.05) is 11.9 Å². The lowest BCUT2D eigenvalue weighted by Crippen LogP contribution is -2.42. The molecular formula is C11H18BrNO2. The summed E-state index contributed by atoms with van der Waals surface area (Å²) in [5.41, 5.74) is -0.388. The molecule has 2 fully saturated rings. The largest absolute Gasteiger partial charge is 0.444 e. The van der Waals surface area contributed by atoms with Crippen molar-refractivity contribution in [2.24, 2.45) is 11.8 Å². The molecule has 3 atom stereocenters. The van der Waals surface area contributed by atoms with Crippen molar-refractivity contribution >= 4 is 22.0 Å². The van der Waals surface area contributed by atoms with Crippen molar-refractivity contribution in [3.05, 3.63) is 0 Å². The molecule has 86 valence electrons. The van der Waals surface area contributed by atoms with E-state index in [0.717, 1.165) is 23.7 Å². The van der Waals surface area contributed by atoms with Crippen LogP contribution in [0.3, 0.4) is 0 Å². The second-order valence-electron chi connectivity index (χ2n) is 5.51. The Morgan fingerprint density at radius 2 is 2.20 bits per heavy atom. The second kappa shape index (κ2) is 3.65. The van der Waals surface area contributed by atoms with E-state index in [1.165, 1.54) is 6.42 Å². The fourth-order valence-electron chi connectivity index (χ4n) is 2.30. The van der Waals surface area contributed by atoms with Crippen LogP contribution < -0.4 is 0 Å². The van der Waals surface area contributed by atoms with Gasteiger partial charge < -0.3 is 9.64 Å². The van der Waals surface area contributed by atoms with Gasteiger partial charge in [0.1, 0.15) is 5.60 Å². The van der Waals surface area contributed by atoms with Crippen LogP contribution in [0.2, 0.25) is 0 Å². The molecular weight excluding hydrogens is 258 g/mol. The summed E-state index contributed by atoms with van der Waals surface area (Å²) >= 11 is 3.48. The van der Waals surface area contributed by atoms with Gasteiger partial charge in [-0.2, -0.15) is 0 Å². The van der Waals surface area contributed by atoms with Crippen molar-refractivity contribution in [3.63, 3.8) is 0 Å². The highest BCUT2D eigenvalue weighted by Crippen LogP contribution is 2.50. The lowest BCUT2D eigenvalue weighted by atomic mass is 10.2. The molecule has 0 aromatic heterocycles. The number of halogens is 1. The van der Waals surface area contributed by atoms with Gasteiger partial charge in [0.2, 0.25) is 0 Å². The van der Waals surface area contributed by atoms with Gasteiger partial charge in [0, 0.05) is 17.9 Å². The SMILES string of the molecule is CC(C)(C)OC(=O)N1CC2CC2C1CBr. The number of fused-ring (bicyclic) bond motifs is 1. The third-order valence-corrected chi connectivity index (χ3v) is 3.75. The minimum atomic E-state index is -0.388. The zero-order chi connectivity index (χ0) is 11.2. The summed E-state index contributed by atoms with van der Waals surface area (Å²) in [5.74, 6) is 1.46. The molecule has 0 N–H and O–H groups in total. The zero-order valence-electron chi connectivity index (χ0n) is 9.50. The lowest BCUT2D eigenvalue weighted by molar-refractivity contribution is 0.0212. The van der Waals surface area contributed by atoms with Crippen molar-refractivity contribution in [1.29, 1.82) is 0 Å². The lowest BCUT2D eigenvalue weighted by Gasteiger charge is -2.29. The van der Waals surface area contributed by atoms with Crippen LogP contribution in [0.5, 0.6) is 0 Å². The molecule has 2 rings (SSSR count). The van der Waals surface area contributed by atoms with Crippen LogP contribution in [0, 0.1) is 11.8 Å². The zero-order valence-corrected chi connectivity index (χ0v) is 11.1. The molecule has 3 nitrogen and oxygen atoms in total. The van der Waals surface area contributed by atoms with Crippen LogP contribution >= 0.6 is 15.9 Å². The van der Waals surface area contributed by atoms with Crippen molar-refractivity contribution < 1.29 is 9.53 Å². The van der Waals surface area contributed by atoms with Crippen molar-refractivity contribution in [1.82, 2.24) is 4.90 Å². The summed E-state index contributed by atoms with van der Waals surface area (Å²) in [6.07, 6.45) is 1.13. The minimum Gasteiger partial charge on any atom is -0.444 e. The highest BCUT2D eigenvalue weighted by atomic mass is 79.9. The summed E-state index contributed by atoms with van der Waals surface area (Å²) < 4.78 is 5.39. The number of ether oxygens (including phenoxy) is 1. The van der Waals surface area contributed by atoms with Gasteiger partial charge in [0.25, 0.3) is 0 Å². The average Bonchev–Trinajstić information content (AvgIpc) is 2.75. The molecule has 0 spiro atoms. The predicted molar refractivity (Wildman–Crippen MR) is 62.1 cm³/mol.